The number of aromatic nitrogens is 1. The van der Waals surface area contributed by atoms with Crippen LogP contribution in [-0.4, -0.2) is 17.4 Å². The molecule has 1 amide bonds. The fourth-order valence-corrected chi connectivity index (χ4v) is 2.25. The first-order valence-electron chi connectivity index (χ1n) is 5.66. The zero-order valence-corrected chi connectivity index (χ0v) is 10.7. The first-order chi connectivity index (χ1) is 7.77. The van der Waals surface area contributed by atoms with Gasteiger partial charge in [0.1, 0.15) is 4.60 Å². The molecule has 86 valence electrons. The third-order valence-electron chi connectivity index (χ3n) is 3.07. The van der Waals surface area contributed by atoms with Crippen LogP contribution in [0.2, 0.25) is 0 Å². The molecule has 1 aliphatic rings. The van der Waals surface area contributed by atoms with Gasteiger partial charge in [-0.25, -0.2) is 4.98 Å². The van der Waals surface area contributed by atoms with E-state index in [1.165, 1.54) is 19.3 Å². The molecular weight excluding hydrogens is 268 g/mol. The molecule has 0 aliphatic heterocycles. The second-order valence-corrected chi connectivity index (χ2v) is 4.93. The number of carbonyl (C=O) groups is 1. The number of halogens is 1. The van der Waals surface area contributed by atoms with E-state index in [0.717, 1.165) is 18.9 Å². The van der Waals surface area contributed by atoms with Crippen LogP contribution in [0.1, 0.15) is 36.0 Å². The molecule has 0 saturated heterocycles. The summed E-state index contributed by atoms with van der Waals surface area (Å²) in [4.78, 5) is 15.8. The fourth-order valence-electron chi connectivity index (χ4n) is 1.82. The summed E-state index contributed by atoms with van der Waals surface area (Å²) in [6, 6.07) is 3.54. The first kappa shape index (κ1) is 11.6. The van der Waals surface area contributed by atoms with Crippen LogP contribution in [0.4, 0.5) is 0 Å². The molecule has 3 nitrogen and oxygen atoms in total. The second kappa shape index (κ2) is 5.43. The summed E-state index contributed by atoms with van der Waals surface area (Å²) < 4.78 is 0.608. The first-order valence-corrected chi connectivity index (χ1v) is 6.45. The maximum absolute atomic E-state index is 11.8. The summed E-state index contributed by atoms with van der Waals surface area (Å²) >= 11 is 3.27. The van der Waals surface area contributed by atoms with Gasteiger partial charge in [0, 0.05) is 12.7 Å². The predicted octanol–water partition coefficient (Wildman–Crippen LogP) is 2.76. The summed E-state index contributed by atoms with van der Waals surface area (Å²) in [5, 5.41) is 2.93. The molecule has 1 fully saturated rings. The third-order valence-corrected chi connectivity index (χ3v) is 3.70. The van der Waals surface area contributed by atoms with Gasteiger partial charge in [0.05, 0.1) is 5.56 Å². The summed E-state index contributed by atoms with van der Waals surface area (Å²) in [5.74, 6) is 0.789. The van der Waals surface area contributed by atoms with Gasteiger partial charge < -0.3 is 5.32 Å². The number of rotatable bonds is 4. The summed E-state index contributed by atoms with van der Waals surface area (Å²) in [6.07, 6.45) is 6.77. The lowest BCUT2D eigenvalue weighted by Gasteiger charge is -2.25. The highest BCUT2D eigenvalue weighted by Crippen LogP contribution is 2.28. The Labute approximate surface area is 104 Å². The van der Waals surface area contributed by atoms with Crippen LogP contribution < -0.4 is 5.32 Å². The second-order valence-electron chi connectivity index (χ2n) is 4.18. The maximum atomic E-state index is 11.8. The van der Waals surface area contributed by atoms with E-state index in [-0.39, 0.29) is 5.91 Å². The molecule has 0 unspecified atom stereocenters. The van der Waals surface area contributed by atoms with Crippen molar-refractivity contribution in [1.82, 2.24) is 10.3 Å². The topological polar surface area (TPSA) is 42.0 Å². The van der Waals surface area contributed by atoms with Crippen molar-refractivity contribution < 1.29 is 4.79 Å². The predicted molar refractivity (Wildman–Crippen MR) is 66.2 cm³/mol. The van der Waals surface area contributed by atoms with E-state index in [1.54, 1.807) is 18.3 Å². The molecule has 1 aromatic rings. The zero-order chi connectivity index (χ0) is 11.4. The van der Waals surface area contributed by atoms with E-state index in [0.29, 0.717) is 10.2 Å². The minimum Gasteiger partial charge on any atom is -0.352 e. The van der Waals surface area contributed by atoms with Gasteiger partial charge in [-0.15, -0.1) is 0 Å². The largest absolute Gasteiger partial charge is 0.352 e. The van der Waals surface area contributed by atoms with Crippen molar-refractivity contribution >= 4 is 21.8 Å². The molecule has 16 heavy (non-hydrogen) atoms. The van der Waals surface area contributed by atoms with Gasteiger partial charge in [0.25, 0.3) is 5.91 Å². The zero-order valence-electron chi connectivity index (χ0n) is 9.08. The van der Waals surface area contributed by atoms with Crippen LogP contribution in [0.15, 0.2) is 22.9 Å². The molecule has 0 spiro atoms. The number of nitrogens with zero attached hydrogens (tertiary/aromatic N) is 1. The SMILES string of the molecule is O=C(NCCC1CCC1)c1cccnc1Br. The van der Waals surface area contributed by atoms with Crippen LogP contribution in [0.25, 0.3) is 0 Å². The van der Waals surface area contributed by atoms with Crippen molar-refractivity contribution in [3.05, 3.63) is 28.5 Å². The number of hydrogen-bond donors (Lipinski definition) is 1. The van der Waals surface area contributed by atoms with Crippen LogP contribution in [0.3, 0.4) is 0 Å². The molecule has 4 heteroatoms. The molecule has 0 bridgehead atoms. The normalized spacial score (nSPS) is 15.6. The van der Waals surface area contributed by atoms with E-state index >= 15 is 0 Å². The Kier molecular flexibility index (Phi) is 3.93. The Morgan fingerprint density at radius 1 is 1.56 bits per heavy atom. The van der Waals surface area contributed by atoms with Crippen LogP contribution in [-0.2, 0) is 0 Å². The van der Waals surface area contributed by atoms with Gasteiger partial charge >= 0.3 is 0 Å². The Balaban J connectivity index is 1.81. The standard InChI is InChI=1S/C12H15BrN2O/c13-11-10(5-2-7-14-11)12(16)15-8-6-9-3-1-4-9/h2,5,7,9H,1,3-4,6,8H2,(H,15,16). The van der Waals surface area contributed by atoms with Crippen molar-refractivity contribution in [2.75, 3.05) is 6.54 Å². The lowest BCUT2D eigenvalue weighted by atomic mass is 9.83. The van der Waals surface area contributed by atoms with Crippen LogP contribution >= 0.6 is 15.9 Å². The van der Waals surface area contributed by atoms with Crippen LogP contribution in [0, 0.1) is 5.92 Å². The van der Waals surface area contributed by atoms with E-state index in [9.17, 15) is 4.79 Å². The van der Waals surface area contributed by atoms with Gasteiger partial charge in [0.15, 0.2) is 0 Å². The molecule has 1 heterocycles. The monoisotopic (exact) mass is 282 g/mol. The van der Waals surface area contributed by atoms with Crippen molar-refractivity contribution in [1.29, 1.82) is 0 Å². The molecule has 0 aromatic carbocycles. The number of carbonyl (C=O) groups excluding carboxylic acids is 1. The molecule has 1 saturated carbocycles. The van der Waals surface area contributed by atoms with Gasteiger partial charge in [-0.3, -0.25) is 4.79 Å². The lowest BCUT2D eigenvalue weighted by Crippen LogP contribution is -2.27. The highest BCUT2D eigenvalue weighted by molar-refractivity contribution is 9.10. The number of hydrogen-bond acceptors (Lipinski definition) is 2. The van der Waals surface area contributed by atoms with E-state index in [4.69, 9.17) is 0 Å². The molecular formula is C12H15BrN2O. The van der Waals surface area contributed by atoms with Gasteiger partial charge in [-0.05, 0) is 40.4 Å². The van der Waals surface area contributed by atoms with Gasteiger partial charge in [0.2, 0.25) is 0 Å². The third kappa shape index (κ3) is 2.82. The number of amides is 1. The van der Waals surface area contributed by atoms with E-state index in [2.05, 4.69) is 26.2 Å². The minimum absolute atomic E-state index is 0.0423. The minimum atomic E-state index is -0.0423. The molecule has 2 rings (SSSR count). The Morgan fingerprint density at radius 3 is 3.00 bits per heavy atom. The average Bonchev–Trinajstić information content (AvgIpc) is 2.22. The fraction of sp³-hybridized carbons (Fsp3) is 0.500. The number of nitrogens with one attached hydrogen (secondary N) is 1. The summed E-state index contributed by atoms with van der Waals surface area (Å²) in [7, 11) is 0. The molecule has 1 aliphatic carbocycles. The van der Waals surface area contributed by atoms with Gasteiger partial charge in [-0.2, -0.15) is 0 Å². The highest BCUT2D eigenvalue weighted by Gasteiger charge is 2.17. The van der Waals surface area contributed by atoms with Gasteiger partial charge in [-0.1, -0.05) is 19.3 Å². The lowest BCUT2D eigenvalue weighted by molar-refractivity contribution is 0.0948. The average molecular weight is 283 g/mol. The Bertz CT molecular complexity index is 377. The summed E-state index contributed by atoms with van der Waals surface area (Å²) in [6.45, 7) is 0.769. The smallest absolute Gasteiger partial charge is 0.254 e. The van der Waals surface area contributed by atoms with Crippen molar-refractivity contribution in [2.45, 2.75) is 25.7 Å². The number of pyridine rings is 1. The van der Waals surface area contributed by atoms with E-state index in [1.807, 2.05) is 0 Å². The van der Waals surface area contributed by atoms with Crippen molar-refractivity contribution in [2.24, 2.45) is 5.92 Å². The Morgan fingerprint density at radius 2 is 2.38 bits per heavy atom. The molecule has 0 radical (unpaired) electrons. The van der Waals surface area contributed by atoms with Crippen molar-refractivity contribution in [3.63, 3.8) is 0 Å². The van der Waals surface area contributed by atoms with Crippen LogP contribution in [0.5, 0.6) is 0 Å². The van der Waals surface area contributed by atoms with E-state index < -0.39 is 0 Å². The van der Waals surface area contributed by atoms with Crippen molar-refractivity contribution in [3.8, 4) is 0 Å². The quantitative estimate of drug-likeness (QED) is 0.863. The summed E-state index contributed by atoms with van der Waals surface area (Å²) in [5.41, 5.74) is 0.608. The molecule has 1 N–H and O–H groups in total. The highest BCUT2D eigenvalue weighted by atomic mass is 79.9. The molecule has 0 atom stereocenters. The molecule has 1 aromatic heterocycles. The maximum Gasteiger partial charge on any atom is 0.254 e. The Hall–Kier alpha value is -0.900.